The van der Waals surface area contributed by atoms with Crippen molar-refractivity contribution in [2.45, 2.75) is 20.4 Å². The molecule has 3 rings (SSSR count). The van der Waals surface area contributed by atoms with Crippen molar-refractivity contribution in [3.05, 3.63) is 57.4 Å². The number of thiophene rings is 1. The lowest BCUT2D eigenvalue weighted by Crippen LogP contribution is -2.21. The maximum atomic E-state index is 12.0. The molecule has 1 amide bonds. The smallest absolute Gasteiger partial charge is 0.261 e. The van der Waals surface area contributed by atoms with Crippen LogP contribution >= 0.6 is 11.3 Å². The first-order chi connectivity index (χ1) is 9.61. The highest BCUT2D eigenvalue weighted by atomic mass is 32.1. The van der Waals surface area contributed by atoms with E-state index in [1.165, 1.54) is 16.7 Å². The molecule has 4 heteroatoms. The number of aryl methyl sites for hydroxylation is 2. The number of rotatable bonds is 3. The molecule has 102 valence electrons. The number of aromatic nitrogens is 1. The van der Waals surface area contributed by atoms with E-state index in [2.05, 4.69) is 28.5 Å². The number of benzene rings is 1. The van der Waals surface area contributed by atoms with E-state index in [-0.39, 0.29) is 5.91 Å². The van der Waals surface area contributed by atoms with Gasteiger partial charge in [0.15, 0.2) is 0 Å². The molecule has 0 unspecified atom stereocenters. The second-order valence-corrected chi connectivity index (χ2v) is 6.25. The summed E-state index contributed by atoms with van der Waals surface area (Å²) in [5, 5.41) is 4.14. The number of carbonyl (C=O) groups is 1. The summed E-state index contributed by atoms with van der Waals surface area (Å²) < 4.78 is 0. The van der Waals surface area contributed by atoms with Crippen LogP contribution in [-0.4, -0.2) is 10.9 Å². The van der Waals surface area contributed by atoms with Crippen LogP contribution in [0.15, 0.2) is 36.4 Å². The number of fused-ring (bicyclic) bond motifs is 1. The molecule has 0 radical (unpaired) electrons. The molecule has 0 atom stereocenters. The van der Waals surface area contributed by atoms with Gasteiger partial charge in [-0.15, -0.1) is 11.3 Å². The molecule has 0 aliphatic carbocycles. The van der Waals surface area contributed by atoms with E-state index in [1.54, 1.807) is 0 Å². The van der Waals surface area contributed by atoms with Gasteiger partial charge in [-0.05, 0) is 55.1 Å². The van der Waals surface area contributed by atoms with Gasteiger partial charge in [-0.3, -0.25) is 4.79 Å². The van der Waals surface area contributed by atoms with Gasteiger partial charge in [-0.1, -0.05) is 6.07 Å². The van der Waals surface area contributed by atoms with Gasteiger partial charge in [-0.2, -0.15) is 0 Å². The van der Waals surface area contributed by atoms with Gasteiger partial charge in [-0.25, -0.2) is 0 Å². The van der Waals surface area contributed by atoms with Gasteiger partial charge in [0.25, 0.3) is 5.91 Å². The molecule has 3 aromatic rings. The van der Waals surface area contributed by atoms with E-state index in [1.807, 2.05) is 32.0 Å². The van der Waals surface area contributed by atoms with Crippen LogP contribution in [0.5, 0.6) is 0 Å². The molecule has 2 N–H and O–H groups in total. The minimum atomic E-state index is -0.00607. The summed E-state index contributed by atoms with van der Waals surface area (Å²) in [6.45, 7) is 4.60. The van der Waals surface area contributed by atoms with Crippen LogP contribution in [0.4, 0.5) is 0 Å². The Balaban J connectivity index is 1.71. The van der Waals surface area contributed by atoms with Crippen LogP contribution in [0.2, 0.25) is 0 Å². The molecule has 0 fully saturated rings. The summed E-state index contributed by atoms with van der Waals surface area (Å²) in [6.07, 6.45) is 0. The highest BCUT2D eigenvalue weighted by Gasteiger charge is 2.07. The summed E-state index contributed by atoms with van der Waals surface area (Å²) in [4.78, 5) is 17.2. The lowest BCUT2D eigenvalue weighted by atomic mass is 10.1. The maximum Gasteiger partial charge on any atom is 0.261 e. The SMILES string of the molecule is Cc1cc2cc(CNC(=O)c3ccc(C)s3)ccc2[nH]1. The average Bonchev–Trinajstić information content (AvgIpc) is 3.00. The number of nitrogens with one attached hydrogen (secondary N) is 2. The van der Waals surface area contributed by atoms with E-state index >= 15 is 0 Å². The van der Waals surface area contributed by atoms with Gasteiger partial charge < -0.3 is 10.3 Å². The van der Waals surface area contributed by atoms with Crippen LogP contribution in [0.1, 0.15) is 25.8 Å². The van der Waals surface area contributed by atoms with Crippen LogP contribution in [0.3, 0.4) is 0 Å². The lowest BCUT2D eigenvalue weighted by Gasteiger charge is -2.04. The molecule has 20 heavy (non-hydrogen) atoms. The Morgan fingerprint density at radius 1 is 1.20 bits per heavy atom. The Morgan fingerprint density at radius 2 is 2.05 bits per heavy atom. The van der Waals surface area contributed by atoms with Crippen LogP contribution in [0, 0.1) is 13.8 Å². The van der Waals surface area contributed by atoms with Crippen molar-refractivity contribution in [3.63, 3.8) is 0 Å². The number of hydrogen-bond donors (Lipinski definition) is 2. The molecule has 2 aromatic heterocycles. The van der Waals surface area contributed by atoms with E-state index in [0.29, 0.717) is 6.54 Å². The maximum absolute atomic E-state index is 12.0. The third-order valence-corrected chi connectivity index (χ3v) is 4.24. The number of aromatic amines is 1. The first-order valence-corrected chi connectivity index (χ1v) is 7.36. The monoisotopic (exact) mass is 284 g/mol. The van der Waals surface area contributed by atoms with Gasteiger partial charge in [0.2, 0.25) is 0 Å². The quantitative estimate of drug-likeness (QED) is 0.755. The zero-order valence-corrected chi connectivity index (χ0v) is 12.3. The van der Waals surface area contributed by atoms with E-state index in [9.17, 15) is 4.79 Å². The summed E-state index contributed by atoms with van der Waals surface area (Å²) in [5.41, 5.74) is 3.39. The van der Waals surface area contributed by atoms with Crippen molar-refractivity contribution < 1.29 is 4.79 Å². The van der Waals surface area contributed by atoms with E-state index in [0.717, 1.165) is 26.5 Å². The number of hydrogen-bond acceptors (Lipinski definition) is 2. The van der Waals surface area contributed by atoms with Crippen molar-refractivity contribution in [3.8, 4) is 0 Å². The van der Waals surface area contributed by atoms with Crippen LogP contribution in [-0.2, 0) is 6.54 Å². The minimum Gasteiger partial charge on any atom is -0.359 e. The zero-order chi connectivity index (χ0) is 14.1. The Morgan fingerprint density at radius 3 is 2.80 bits per heavy atom. The molecule has 0 aliphatic rings. The molecule has 3 nitrogen and oxygen atoms in total. The van der Waals surface area contributed by atoms with Gasteiger partial charge in [0.1, 0.15) is 0 Å². The molecule has 0 aliphatic heterocycles. The zero-order valence-electron chi connectivity index (χ0n) is 11.5. The summed E-state index contributed by atoms with van der Waals surface area (Å²) in [7, 11) is 0. The normalized spacial score (nSPS) is 10.9. The first kappa shape index (κ1) is 12.9. The van der Waals surface area contributed by atoms with E-state index in [4.69, 9.17) is 0 Å². The first-order valence-electron chi connectivity index (χ1n) is 6.55. The second kappa shape index (κ2) is 5.13. The highest BCUT2D eigenvalue weighted by molar-refractivity contribution is 7.13. The molecule has 0 bridgehead atoms. The number of H-pyrrole nitrogens is 1. The van der Waals surface area contributed by atoms with Crippen molar-refractivity contribution in [1.29, 1.82) is 0 Å². The molecule has 2 heterocycles. The predicted octanol–water partition coefficient (Wildman–Crippen LogP) is 3.78. The third kappa shape index (κ3) is 2.60. The van der Waals surface area contributed by atoms with Crippen molar-refractivity contribution >= 4 is 28.1 Å². The third-order valence-electron chi connectivity index (χ3n) is 3.24. The molecule has 0 spiro atoms. The van der Waals surface area contributed by atoms with Crippen molar-refractivity contribution in [2.75, 3.05) is 0 Å². The summed E-state index contributed by atoms with van der Waals surface area (Å²) in [5.74, 6) is -0.00607. The Bertz CT molecular complexity index is 770. The minimum absolute atomic E-state index is 0.00607. The Kier molecular flexibility index (Phi) is 3.32. The van der Waals surface area contributed by atoms with Gasteiger partial charge >= 0.3 is 0 Å². The lowest BCUT2D eigenvalue weighted by molar-refractivity contribution is 0.0955. The standard InChI is InChI=1S/C16H16N2OS/c1-10-7-13-8-12(4-5-14(13)18-10)9-17-16(19)15-6-3-11(2)20-15/h3-8,18H,9H2,1-2H3,(H,17,19). The molecular weight excluding hydrogens is 268 g/mol. The second-order valence-electron chi connectivity index (χ2n) is 4.97. The number of carbonyl (C=O) groups excluding carboxylic acids is 1. The fraction of sp³-hybridized carbons (Fsp3) is 0.188. The van der Waals surface area contributed by atoms with Gasteiger partial charge in [0.05, 0.1) is 4.88 Å². The number of amides is 1. The molecule has 0 saturated heterocycles. The van der Waals surface area contributed by atoms with Crippen LogP contribution in [0.25, 0.3) is 10.9 Å². The van der Waals surface area contributed by atoms with Crippen LogP contribution < -0.4 is 5.32 Å². The average molecular weight is 284 g/mol. The van der Waals surface area contributed by atoms with Crippen molar-refractivity contribution in [1.82, 2.24) is 10.3 Å². The predicted molar refractivity (Wildman–Crippen MR) is 83.3 cm³/mol. The Hall–Kier alpha value is -2.07. The molecule has 1 aromatic carbocycles. The van der Waals surface area contributed by atoms with Gasteiger partial charge in [0, 0.05) is 22.6 Å². The van der Waals surface area contributed by atoms with Crippen molar-refractivity contribution in [2.24, 2.45) is 0 Å². The topological polar surface area (TPSA) is 44.9 Å². The van der Waals surface area contributed by atoms with E-state index < -0.39 is 0 Å². The summed E-state index contributed by atoms with van der Waals surface area (Å²) in [6, 6.07) is 12.2. The highest BCUT2D eigenvalue weighted by Crippen LogP contribution is 2.18. The summed E-state index contributed by atoms with van der Waals surface area (Å²) >= 11 is 1.52. The molecular formula is C16H16N2OS. The molecule has 0 saturated carbocycles. The Labute approximate surface area is 121 Å². The fourth-order valence-electron chi connectivity index (χ4n) is 2.26. The fourth-order valence-corrected chi connectivity index (χ4v) is 3.05. The largest absolute Gasteiger partial charge is 0.359 e.